The van der Waals surface area contributed by atoms with Gasteiger partial charge < -0.3 is 5.32 Å². The Morgan fingerprint density at radius 3 is 2.65 bits per heavy atom. The van der Waals surface area contributed by atoms with E-state index in [9.17, 15) is 4.79 Å². The van der Waals surface area contributed by atoms with Crippen molar-refractivity contribution >= 4 is 28.4 Å². The number of nitrogens with zero attached hydrogens (tertiary/aromatic N) is 1. The molecule has 0 aliphatic carbocycles. The van der Waals surface area contributed by atoms with Gasteiger partial charge in [0.2, 0.25) is 0 Å². The van der Waals surface area contributed by atoms with Gasteiger partial charge in [-0.25, -0.2) is 0 Å². The number of carbonyl (C=O) groups excluding carboxylic acids is 1. The van der Waals surface area contributed by atoms with E-state index in [2.05, 4.69) is 10.3 Å². The van der Waals surface area contributed by atoms with Crippen LogP contribution in [0.4, 0.5) is 0 Å². The zero-order chi connectivity index (χ0) is 16.2. The van der Waals surface area contributed by atoms with E-state index in [1.807, 2.05) is 55.5 Å². The number of pyridine rings is 1. The Morgan fingerprint density at radius 1 is 1.09 bits per heavy atom. The molecule has 0 spiro atoms. The molecular weight excluding hydrogens is 308 g/mol. The molecule has 0 unspecified atom stereocenters. The summed E-state index contributed by atoms with van der Waals surface area (Å²) in [5, 5.41) is 4.17. The molecular formula is C19H17ClN2O. The number of rotatable bonds is 4. The van der Waals surface area contributed by atoms with E-state index in [4.69, 9.17) is 11.6 Å². The Labute approximate surface area is 140 Å². The third kappa shape index (κ3) is 3.51. The normalized spacial score (nSPS) is 10.7. The highest BCUT2D eigenvalue weighted by atomic mass is 35.5. The second-order valence-electron chi connectivity index (χ2n) is 5.43. The summed E-state index contributed by atoms with van der Waals surface area (Å²) >= 11 is 6.25. The lowest BCUT2D eigenvalue weighted by atomic mass is 10.1. The molecule has 1 aromatic heterocycles. The van der Waals surface area contributed by atoms with Gasteiger partial charge in [0.15, 0.2) is 0 Å². The molecule has 3 rings (SSSR count). The predicted molar refractivity (Wildman–Crippen MR) is 94.0 cm³/mol. The van der Waals surface area contributed by atoms with Crippen LogP contribution in [0.15, 0.2) is 54.6 Å². The molecule has 116 valence electrons. The molecule has 3 aromatic rings. The molecule has 0 radical (unpaired) electrons. The van der Waals surface area contributed by atoms with Crippen LogP contribution in [-0.4, -0.2) is 17.4 Å². The van der Waals surface area contributed by atoms with E-state index in [-0.39, 0.29) is 5.91 Å². The van der Waals surface area contributed by atoms with Crippen molar-refractivity contribution in [2.45, 2.75) is 13.3 Å². The predicted octanol–water partition coefficient (Wildman–Crippen LogP) is 4.17. The van der Waals surface area contributed by atoms with Gasteiger partial charge in [0.25, 0.3) is 5.91 Å². The Hall–Kier alpha value is -2.39. The highest BCUT2D eigenvalue weighted by Crippen LogP contribution is 2.25. The van der Waals surface area contributed by atoms with Crippen LogP contribution < -0.4 is 5.32 Å². The van der Waals surface area contributed by atoms with Crippen LogP contribution in [-0.2, 0) is 6.42 Å². The highest BCUT2D eigenvalue weighted by molar-refractivity contribution is 6.35. The maximum absolute atomic E-state index is 12.5. The number of halogens is 1. The van der Waals surface area contributed by atoms with Gasteiger partial charge in [-0.2, -0.15) is 0 Å². The highest BCUT2D eigenvalue weighted by Gasteiger charge is 2.14. The molecule has 0 atom stereocenters. The Kier molecular flexibility index (Phi) is 4.58. The van der Waals surface area contributed by atoms with E-state index in [0.717, 1.165) is 23.0 Å². The van der Waals surface area contributed by atoms with Gasteiger partial charge in [-0.3, -0.25) is 9.78 Å². The molecule has 0 saturated carbocycles. The fraction of sp³-hybridized carbons (Fsp3) is 0.158. The zero-order valence-electron chi connectivity index (χ0n) is 12.8. The largest absolute Gasteiger partial charge is 0.352 e. The Bertz CT molecular complexity index is 847. The van der Waals surface area contributed by atoms with Crippen molar-refractivity contribution in [2.24, 2.45) is 0 Å². The summed E-state index contributed by atoms with van der Waals surface area (Å²) in [5.74, 6) is -0.165. The summed E-state index contributed by atoms with van der Waals surface area (Å²) < 4.78 is 0. The fourth-order valence-corrected chi connectivity index (χ4v) is 2.81. The lowest BCUT2D eigenvalue weighted by molar-refractivity contribution is 0.0956. The van der Waals surface area contributed by atoms with Crippen molar-refractivity contribution in [1.82, 2.24) is 10.3 Å². The average molecular weight is 325 g/mol. The summed E-state index contributed by atoms with van der Waals surface area (Å²) in [6.45, 7) is 2.49. The van der Waals surface area contributed by atoms with Crippen molar-refractivity contribution in [3.63, 3.8) is 0 Å². The first-order valence-electron chi connectivity index (χ1n) is 7.53. The summed E-state index contributed by atoms with van der Waals surface area (Å²) in [5.41, 5.74) is 3.37. The quantitative estimate of drug-likeness (QED) is 0.782. The van der Waals surface area contributed by atoms with E-state index in [1.54, 1.807) is 6.07 Å². The van der Waals surface area contributed by atoms with Crippen molar-refractivity contribution < 1.29 is 4.79 Å². The number of nitrogens with one attached hydrogen (secondary N) is 1. The minimum atomic E-state index is -0.165. The van der Waals surface area contributed by atoms with Crippen LogP contribution in [0, 0.1) is 6.92 Å². The second-order valence-corrected chi connectivity index (χ2v) is 5.84. The number of hydrogen-bond donors (Lipinski definition) is 1. The fourth-order valence-electron chi connectivity index (χ4n) is 2.56. The number of hydrogen-bond acceptors (Lipinski definition) is 2. The minimum absolute atomic E-state index is 0.165. The van der Waals surface area contributed by atoms with Crippen LogP contribution in [0.25, 0.3) is 10.9 Å². The first kappa shape index (κ1) is 15.5. The molecule has 0 bridgehead atoms. The molecule has 0 fully saturated rings. The average Bonchev–Trinajstić information content (AvgIpc) is 2.56. The molecule has 1 amide bonds. The molecule has 2 aromatic carbocycles. The number of amides is 1. The molecule has 4 heteroatoms. The minimum Gasteiger partial charge on any atom is -0.352 e. The topological polar surface area (TPSA) is 42.0 Å². The van der Waals surface area contributed by atoms with Crippen LogP contribution in [0.2, 0.25) is 5.02 Å². The summed E-state index contributed by atoms with van der Waals surface area (Å²) in [7, 11) is 0. The maximum atomic E-state index is 12.5. The van der Waals surface area contributed by atoms with Crippen LogP contribution in [0.5, 0.6) is 0 Å². The van der Waals surface area contributed by atoms with Gasteiger partial charge in [0.1, 0.15) is 0 Å². The van der Waals surface area contributed by atoms with Gasteiger partial charge in [-0.05, 0) is 37.1 Å². The first-order valence-corrected chi connectivity index (χ1v) is 7.91. The summed E-state index contributed by atoms with van der Waals surface area (Å²) in [6.07, 6.45) is 0.784. The standard InChI is InChI=1S/C19H17ClN2O/c1-13-7-8-15-17(22-13)10-9-16(20)18(15)19(23)21-12-11-14-5-3-2-4-6-14/h2-10H,11-12H2,1H3,(H,21,23). The smallest absolute Gasteiger partial charge is 0.253 e. The molecule has 0 aliphatic rings. The number of carbonyl (C=O) groups is 1. The summed E-state index contributed by atoms with van der Waals surface area (Å²) in [4.78, 5) is 17.0. The Balaban J connectivity index is 1.79. The van der Waals surface area contributed by atoms with E-state index in [0.29, 0.717) is 17.1 Å². The van der Waals surface area contributed by atoms with Gasteiger partial charge in [0.05, 0.1) is 16.1 Å². The van der Waals surface area contributed by atoms with Crippen LogP contribution in [0.1, 0.15) is 21.6 Å². The molecule has 1 N–H and O–H groups in total. The van der Waals surface area contributed by atoms with Gasteiger partial charge in [0, 0.05) is 17.6 Å². The number of aromatic nitrogens is 1. The second kappa shape index (κ2) is 6.80. The third-order valence-electron chi connectivity index (χ3n) is 3.73. The third-order valence-corrected chi connectivity index (χ3v) is 4.04. The van der Waals surface area contributed by atoms with E-state index < -0.39 is 0 Å². The zero-order valence-corrected chi connectivity index (χ0v) is 13.6. The van der Waals surface area contributed by atoms with Crippen molar-refractivity contribution in [1.29, 1.82) is 0 Å². The monoisotopic (exact) mass is 324 g/mol. The number of aryl methyl sites for hydroxylation is 1. The lowest BCUT2D eigenvalue weighted by Crippen LogP contribution is -2.26. The van der Waals surface area contributed by atoms with Gasteiger partial charge >= 0.3 is 0 Å². The molecule has 3 nitrogen and oxygen atoms in total. The Morgan fingerprint density at radius 2 is 1.87 bits per heavy atom. The van der Waals surface area contributed by atoms with Gasteiger partial charge in [-0.15, -0.1) is 0 Å². The molecule has 0 saturated heterocycles. The van der Waals surface area contributed by atoms with Crippen molar-refractivity contribution in [2.75, 3.05) is 6.54 Å². The number of benzene rings is 2. The maximum Gasteiger partial charge on any atom is 0.253 e. The van der Waals surface area contributed by atoms with E-state index in [1.165, 1.54) is 5.56 Å². The van der Waals surface area contributed by atoms with E-state index >= 15 is 0 Å². The number of fused-ring (bicyclic) bond motifs is 1. The van der Waals surface area contributed by atoms with Crippen LogP contribution >= 0.6 is 11.6 Å². The first-order chi connectivity index (χ1) is 11.1. The molecule has 23 heavy (non-hydrogen) atoms. The SMILES string of the molecule is Cc1ccc2c(C(=O)NCCc3ccccc3)c(Cl)ccc2n1. The van der Waals surface area contributed by atoms with Crippen LogP contribution in [0.3, 0.4) is 0 Å². The van der Waals surface area contributed by atoms with Crippen molar-refractivity contribution in [3.8, 4) is 0 Å². The summed E-state index contributed by atoms with van der Waals surface area (Å²) in [6, 6.07) is 17.4. The van der Waals surface area contributed by atoms with Crippen molar-refractivity contribution in [3.05, 3.63) is 76.4 Å². The van der Waals surface area contributed by atoms with Gasteiger partial charge in [-0.1, -0.05) is 48.0 Å². The molecule has 0 aliphatic heterocycles. The molecule has 1 heterocycles. The lowest BCUT2D eigenvalue weighted by Gasteiger charge is -2.10.